The van der Waals surface area contributed by atoms with Crippen molar-refractivity contribution in [2.75, 3.05) is 26.8 Å². The SMILES string of the molecule is CCCCCOc1cccc(Cn2c3cc(CC(=O)[C@@H]4CCCN4C(=O)[C@H](NC(C)=O)c4ccccc4)ccc3c3ccc(CC(=O)[C@@H]4CCCN4C(=O)[C@H](NC(=O)OC)c4ccccc4)cc32)c1. The van der Waals surface area contributed by atoms with Crippen LogP contribution >= 0.6 is 0 Å². The predicted octanol–water partition coefficient (Wildman–Crippen LogP) is 8.59. The van der Waals surface area contributed by atoms with Crippen molar-refractivity contribution in [3.8, 4) is 5.75 Å². The summed E-state index contributed by atoms with van der Waals surface area (Å²) in [6.07, 6.45) is 5.01. The summed E-state index contributed by atoms with van der Waals surface area (Å²) in [7, 11) is 1.25. The number of nitrogens with zero attached hydrogens (tertiary/aromatic N) is 3. The van der Waals surface area contributed by atoms with Gasteiger partial charge in [0.05, 0.1) is 25.8 Å². The van der Waals surface area contributed by atoms with Gasteiger partial charge < -0.3 is 34.5 Å². The standard InChI is InChI=1S/C56H61N5O8/c1-4-5-12-30-69-43-21-13-16-40(31-43)36-61-48-32-38(34-50(63)46-22-14-28-59(46)54(65)52(57-37(2)62)41-17-8-6-9-18-41)24-26-44(48)45-27-25-39(33-49(45)61)35-51(64)47-23-15-29-60(47)55(66)53(58-56(67)68-3)42-19-10-7-11-20-42/h6-11,13,16-21,24-27,31-33,46-47,52-53H,4-5,12,14-15,22-23,28-30,34-36H2,1-3H3,(H,57,62)(H,58,67)/t46-,47-,52+,53+/m0/s1. The number of unbranched alkanes of at least 4 members (excludes halogenated alkanes) is 2. The number of nitrogens with one attached hydrogen (secondary N) is 2. The summed E-state index contributed by atoms with van der Waals surface area (Å²) >= 11 is 0. The zero-order chi connectivity index (χ0) is 48.4. The number of amides is 4. The number of hydrogen-bond acceptors (Lipinski definition) is 8. The lowest BCUT2D eigenvalue weighted by atomic mass is 9.98. The lowest BCUT2D eigenvalue weighted by Gasteiger charge is -2.28. The molecule has 2 aliphatic heterocycles. The normalized spacial score (nSPS) is 16.6. The van der Waals surface area contributed by atoms with Crippen molar-refractivity contribution in [3.63, 3.8) is 0 Å². The number of aromatic nitrogens is 1. The summed E-state index contributed by atoms with van der Waals surface area (Å²) in [4.78, 5) is 84.7. The molecule has 13 heteroatoms. The average Bonchev–Trinajstić information content (AvgIpc) is 4.13. The van der Waals surface area contributed by atoms with E-state index in [4.69, 9.17) is 9.47 Å². The Kier molecular flexibility index (Phi) is 15.5. The Hall–Kier alpha value is -7.28. The van der Waals surface area contributed by atoms with Crippen LogP contribution in [0.2, 0.25) is 0 Å². The predicted molar refractivity (Wildman–Crippen MR) is 265 cm³/mol. The highest BCUT2D eigenvalue weighted by Gasteiger charge is 2.39. The smallest absolute Gasteiger partial charge is 0.407 e. The molecule has 4 amide bonds. The number of carbonyl (C=O) groups excluding carboxylic acids is 6. The highest BCUT2D eigenvalue weighted by molar-refractivity contribution is 6.09. The van der Waals surface area contributed by atoms with E-state index in [1.807, 2.05) is 60.7 Å². The van der Waals surface area contributed by atoms with E-state index in [1.54, 1.807) is 46.2 Å². The van der Waals surface area contributed by atoms with Gasteiger partial charge in [-0.15, -0.1) is 0 Å². The molecule has 2 saturated heterocycles. The van der Waals surface area contributed by atoms with Crippen molar-refractivity contribution in [1.82, 2.24) is 25.0 Å². The van der Waals surface area contributed by atoms with Crippen molar-refractivity contribution in [2.24, 2.45) is 0 Å². The molecule has 4 atom stereocenters. The minimum absolute atomic E-state index is 0.0678. The number of Topliss-reactive ketones (excluding diaryl/α,β-unsaturated/α-hetero) is 2. The fourth-order valence-electron chi connectivity index (χ4n) is 9.98. The molecule has 69 heavy (non-hydrogen) atoms. The maximum atomic E-state index is 14.3. The van der Waals surface area contributed by atoms with Crippen LogP contribution in [0.3, 0.4) is 0 Å². The van der Waals surface area contributed by atoms with Crippen LogP contribution < -0.4 is 15.4 Å². The number of methoxy groups -OCH3 is 1. The third-order valence-corrected chi connectivity index (χ3v) is 13.4. The van der Waals surface area contributed by atoms with Gasteiger partial charge in [0.1, 0.15) is 17.8 Å². The molecule has 0 saturated carbocycles. The van der Waals surface area contributed by atoms with E-state index in [9.17, 15) is 28.8 Å². The van der Waals surface area contributed by atoms with Crippen LogP contribution in [0.4, 0.5) is 4.79 Å². The molecule has 0 radical (unpaired) electrons. The van der Waals surface area contributed by atoms with E-state index >= 15 is 0 Å². The van der Waals surface area contributed by atoms with E-state index in [0.717, 1.165) is 63.5 Å². The van der Waals surface area contributed by atoms with E-state index in [-0.39, 0.29) is 42.1 Å². The Labute approximate surface area is 403 Å². The molecular formula is C56H61N5O8. The molecule has 8 rings (SSSR count). The van der Waals surface area contributed by atoms with E-state index in [2.05, 4.69) is 46.4 Å². The van der Waals surface area contributed by atoms with Crippen LogP contribution in [0.25, 0.3) is 21.8 Å². The number of fused-ring (bicyclic) bond motifs is 3. The molecule has 0 bridgehead atoms. The Balaban J connectivity index is 1.08. The second-order valence-corrected chi connectivity index (χ2v) is 18.2. The third-order valence-electron chi connectivity index (χ3n) is 13.4. The average molecular weight is 932 g/mol. The molecule has 358 valence electrons. The van der Waals surface area contributed by atoms with Crippen LogP contribution in [0.1, 0.15) is 98.7 Å². The van der Waals surface area contributed by atoms with Gasteiger partial charge in [-0.1, -0.05) is 117 Å². The molecule has 0 aliphatic carbocycles. The largest absolute Gasteiger partial charge is 0.494 e. The monoisotopic (exact) mass is 931 g/mol. The first-order chi connectivity index (χ1) is 33.5. The van der Waals surface area contributed by atoms with Crippen LogP contribution in [-0.2, 0) is 48.1 Å². The molecule has 0 unspecified atom stereocenters. The molecular weight excluding hydrogens is 871 g/mol. The van der Waals surface area contributed by atoms with E-state index in [1.165, 1.54) is 14.0 Å². The molecule has 6 aromatic rings. The lowest BCUT2D eigenvalue weighted by Crippen LogP contribution is -2.47. The first kappa shape index (κ1) is 48.2. The first-order valence-electron chi connectivity index (χ1n) is 24.2. The molecule has 1 aromatic heterocycles. The van der Waals surface area contributed by atoms with Crippen LogP contribution in [0, 0.1) is 0 Å². The molecule has 13 nitrogen and oxygen atoms in total. The van der Waals surface area contributed by atoms with E-state index in [0.29, 0.717) is 63.1 Å². The Morgan fingerprint density at radius 1 is 0.623 bits per heavy atom. The highest BCUT2D eigenvalue weighted by atomic mass is 16.5. The minimum atomic E-state index is -1.01. The molecule has 3 heterocycles. The van der Waals surface area contributed by atoms with Crippen molar-refractivity contribution < 1.29 is 38.2 Å². The van der Waals surface area contributed by atoms with Crippen LogP contribution in [0.5, 0.6) is 5.75 Å². The topological polar surface area (TPSA) is 156 Å². The lowest BCUT2D eigenvalue weighted by molar-refractivity contribution is -0.140. The number of alkyl carbamates (subject to hydrolysis) is 1. The summed E-state index contributed by atoms with van der Waals surface area (Å²) in [6, 6.07) is 35.1. The fourth-order valence-corrected chi connectivity index (χ4v) is 9.98. The van der Waals surface area contributed by atoms with E-state index < -0.39 is 30.3 Å². The Bertz CT molecular complexity index is 2830. The second-order valence-electron chi connectivity index (χ2n) is 18.2. The molecule has 0 spiro atoms. The number of carbonyl (C=O) groups is 6. The van der Waals surface area contributed by atoms with Crippen LogP contribution in [0.15, 0.2) is 121 Å². The molecule has 2 fully saturated rings. The van der Waals surface area contributed by atoms with Gasteiger partial charge in [0.25, 0.3) is 5.91 Å². The van der Waals surface area contributed by atoms with Gasteiger partial charge in [-0.05, 0) is 84.2 Å². The minimum Gasteiger partial charge on any atom is -0.494 e. The Morgan fingerprint density at radius 2 is 1.16 bits per heavy atom. The number of rotatable bonds is 19. The van der Waals surface area contributed by atoms with Gasteiger partial charge in [-0.3, -0.25) is 24.0 Å². The van der Waals surface area contributed by atoms with Gasteiger partial charge in [-0.25, -0.2) is 4.79 Å². The Morgan fingerprint density at radius 3 is 1.67 bits per heavy atom. The maximum absolute atomic E-state index is 14.3. The number of ketones is 2. The quantitative estimate of drug-likeness (QED) is 0.0766. The van der Waals surface area contributed by atoms with Gasteiger partial charge in [0.15, 0.2) is 11.6 Å². The molecule has 2 aliphatic rings. The molecule has 2 N–H and O–H groups in total. The summed E-state index contributed by atoms with van der Waals surface area (Å²) in [5.74, 6) is -0.359. The zero-order valence-corrected chi connectivity index (χ0v) is 39.7. The number of benzene rings is 5. The number of likely N-dealkylation sites (tertiary alicyclic amines) is 2. The first-order valence-corrected chi connectivity index (χ1v) is 24.2. The summed E-state index contributed by atoms with van der Waals surface area (Å²) in [5, 5.41) is 7.46. The maximum Gasteiger partial charge on any atom is 0.407 e. The van der Waals surface area contributed by atoms with Crippen molar-refractivity contribution in [3.05, 3.63) is 149 Å². The summed E-state index contributed by atoms with van der Waals surface area (Å²) in [6.45, 7) is 5.47. The fraction of sp³-hybridized carbons (Fsp3) is 0.357. The van der Waals surface area contributed by atoms with Crippen molar-refractivity contribution in [1.29, 1.82) is 0 Å². The van der Waals surface area contributed by atoms with Gasteiger partial charge in [0, 0.05) is 61.2 Å². The van der Waals surface area contributed by atoms with Crippen LogP contribution in [-0.4, -0.2) is 88.6 Å². The molecule has 5 aromatic carbocycles. The highest BCUT2D eigenvalue weighted by Crippen LogP contribution is 2.34. The van der Waals surface area contributed by atoms with Crippen molar-refractivity contribution >= 4 is 57.2 Å². The summed E-state index contributed by atoms with van der Waals surface area (Å²) in [5.41, 5.74) is 5.71. The summed E-state index contributed by atoms with van der Waals surface area (Å²) < 4.78 is 13.2. The van der Waals surface area contributed by atoms with Gasteiger partial charge >= 0.3 is 6.09 Å². The van der Waals surface area contributed by atoms with Gasteiger partial charge in [0.2, 0.25) is 11.8 Å². The van der Waals surface area contributed by atoms with Gasteiger partial charge in [-0.2, -0.15) is 0 Å². The number of hydrogen-bond donors (Lipinski definition) is 2. The van der Waals surface area contributed by atoms with Crippen molar-refractivity contribution in [2.45, 2.75) is 102 Å². The second kappa shape index (κ2) is 22.2. The third kappa shape index (κ3) is 11.2. The zero-order valence-electron chi connectivity index (χ0n) is 39.7. The number of ether oxygens (including phenoxy) is 2.